The Morgan fingerprint density at radius 3 is 2.90 bits per heavy atom. The second kappa shape index (κ2) is 6.07. The van der Waals surface area contributed by atoms with Crippen LogP contribution in [0.4, 0.5) is 0 Å². The maximum Gasteiger partial charge on any atom is 0.271 e. The van der Waals surface area contributed by atoms with Crippen LogP contribution in [-0.2, 0) is 11.3 Å². The number of halogens is 1. The molecule has 6 nitrogen and oxygen atoms in total. The molecule has 20 heavy (non-hydrogen) atoms. The largest absolute Gasteiger partial charge is 0.346 e. The van der Waals surface area contributed by atoms with Crippen molar-refractivity contribution in [1.82, 2.24) is 15.2 Å². The second-order valence-electron chi connectivity index (χ2n) is 4.98. The van der Waals surface area contributed by atoms with Gasteiger partial charge in [-0.2, -0.15) is 0 Å². The molecule has 2 fully saturated rings. The highest BCUT2D eigenvalue weighted by atomic mass is 35.5. The van der Waals surface area contributed by atoms with Gasteiger partial charge in [-0.3, -0.25) is 9.59 Å². The van der Waals surface area contributed by atoms with Gasteiger partial charge < -0.3 is 16.0 Å². The van der Waals surface area contributed by atoms with Gasteiger partial charge in [0.2, 0.25) is 5.91 Å². The number of hydrogen-bond donors (Lipinski definition) is 2. The molecule has 2 amide bonds. The van der Waals surface area contributed by atoms with Gasteiger partial charge in [-0.15, -0.1) is 23.7 Å². The standard InChI is InChI=1S/C12H16N4O2S.ClH/c13-4-10-15-9(6-19-10)12(18)14-7-3-11(17)16(5-7)8-1-2-8;/h6-8H,1-5,13H2,(H,14,18);1H. The fourth-order valence-corrected chi connectivity index (χ4v) is 2.99. The van der Waals surface area contributed by atoms with Gasteiger partial charge in [0, 0.05) is 30.9 Å². The minimum atomic E-state index is -0.216. The molecule has 0 bridgehead atoms. The second-order valence-corrected chi connectivity index (χ2v) is 5.93. The first-order chi connectivity index (χ1) is 9.17. The highest BCUT2D eigenvalue weighted by Crippen LogP contribution is 2.30. The van der Waals surface area contributed by atoms with Crippen LogP contribution in [0.5, 0.6) is 0 Å². The number of rotatable bonds is 4. The lowest BCUT2D eigenvalue weighted by Gasteiger charge is -2.15. The van der Waals surface area contributed by atoms with E-state index >= 15 is 0 Å². The van der Waals surface area contributed by atoms with Gasteiger partial charge in [0.15, 0.2) is 0 Å². The number of nitrogens with two attached hydrogens (primary N) is 1. The zero-order valence-corrected chi connectivity index (χ0v) is 12.5. The van der Waals surface area contributed by atoms with Gasteiger partial charge in [-0.25, -0.2) is 4.98 Å². The van der Waals surface area contributed by atoms with Crippen LogP contribution in [0.15, 0.2) is 5.38 Å². The number of likely N-dealkylation sites (tertiary alicyclic amines) is 1. The summed E-state index contributed by atoms with van der Waals surface area (Å²) < 4.78 is 0. The van der Waals surface area contributed by atoms with Crippen molar-refractivity contribution in [2.75, 3.05) is 6.54 Å². The SMILES string of the molecule is Cl.NCc1nc(C(=O)NC2CC(=O)N(C3CC3)C2)cs1. The van der Waals surface area contributed by atoms with E-state index in [-0.39, 0.29) is 30.3 Å². The molecule has 1 saturated carbocycles. The molecule has 3 N–H and O–H groups in total. The molecule has 110 valence electrons. The van der Waals surface area contributed by atoms with E-state index in [9.17, 15) is 9.59 Å². The van der Waals surface area contributed by atoms with Crippen molar-refractivity contribution >= 4 is 35.6 Å². The number of amides is 2. The number of aromatic nitrogens is 1. The molecule has 0 aromatic carbocycles. The van der Waals surface area contributed by atoms with Crippen LogP contribution >= 0.6 is 23.7 Å². The number of nitrogens with zero attached hydrogens (tertiary/aromatic N) is 2. The maximum atomic E-state index is 12.0. The highest BCUT2D eigenvalue weighted by Gasteiger charge is 2.39. The molecule has 1 aromatic rings. The maximum absolute atomic E-state index is 12.0. The molecular formula is C12H17ClN4O2S. The van der Waals surface area contributed by atoms with Crippen molar-refractivity contribution in [2.24, 2.45) is 5.73 Å². The Hall–Kier alpha value is -1.18. The molecule has 3 rings (SSSR count). The third-order valence-electron chi connectivity index (χ3n) is 3.44. The van der Waals surface area contributed by atoms with Crippen LogP contribution in [0.2, 0.25) is 0 Å². The summed E-state index contributed by atoms with van der Waals surface area (Å²) in [6.45, 7) is 0.971. The number of nitrogens with one attached hydrogen (secondary N) is 1. The lowest BCUT2D eigenvalue weighted by atomic mass is 10.2. The number of hydrogen-bond acceptors (Lipinski definition) is 5. The molecule has 0 radical (unpaired) electrons. The zero-order chi connectivity index (χ0) is 13.4. The Morgan fingerprint density at radius 2 is 2.30 bits per heavy atom. The molecule has 1 aliphatic heterocycles. The average molecular weight is 317 g/mol. The summed E-state index contributed by atoms with van der Waals surface area (Å²) in [6.07, 6.45) is 2.59. The van der Waals surface area contributed by atoms with Gasteiger partial charge >= 0.3 is 0 Å². The first-order valence-corrected chi connectivity index (χ1v) is 7.30. The summed E-state index contributed by atoms with van der Waals surface area (Å²) in [5.41, 5.74) is 5.86. The molecule has 2 aliphatic rings. The van der Waals surface area contributed by atoms with Crippen LogP contribution in [0.1, 0.15) is 34.8 Å². The van der Waals surface area contributed by atoms with E-state index in [1.54, 1.807) is 5.38 Å². The van der Waals surface area contributed by atoms with E-state index < -0.39 is 0 Å². The number of thiazole rings is 1. The average Bonchev–Trinajstić information content (AvgIpc) is 2.99. The zero-order valence-electron chi connectivity index (χ0n) is 10.9. The lowest BCUT2D eigenvalue weighted by molar-refractivity contribution is -0.128. The summed E-state index contributed by atoms with van der Waals surface area (Å²) in [7, 11) is 0. The predicted molar refractivity (Wildman–Crippen MR) is 77.9 cm³/mol. The van der Waals surface area contributed by atoms with Crippen LogP contribution in [0, 0.1) is 0 Å². The van der Waals surface area contributed by atoms with Crippen LogP contribution in [0.3, 0.4) is 0 Å². The molecule has 1 atom stereocenters. The Balaban J connectivity index is 0.00000147. The third kappa shape index (κ3) is 3.11. The molecule has 2 heterocycles. The van der Waals surface area contributed by atoms with E-state index in [0.717, 1.165) is 17.8 Å². The summed E-state index contributed by atoms with van der Waals surface area (Å²) >= 11 is 1.38. The first-order valence-electron chi connectivity index (χ1n) is 6.42. The minimum Gasteiger partial charge on any atom is -0.346 e. The molecule has 1 aliphatic carbocycles. The summed E-state index contributed by atoms with van der Waals surface area (Å²) in [5.74, 6) is -0.0693. The highest BCUT2D eigenvalue weighted by molar-refractivity contribution is 7.09. The molecule has 1 aromatic heterocycles. The normalized spacial score (nSPS) is 21.8. The Labute approximate surface area is 127 Å². The fraction of sp³-hybridized carbons (Fsp3) is 0.583. The predicted octanol–water partition coefficient (Wildman–Crippen LogP) is 0.517. The van der Waals surface area contributed by atoms with Crippen molar-refractivity contribution in [3.63, 3.8) is 0 Å². The van der Waals surface area contributed by atoms with Crippen molar-refractivity contribution in [2.45, 2.75) is 37.9 Å². The van der Waals surface area contributed by atoms with Crippen molar-refractivity contribution in [3.8, 4) is 0 Å². The van der Waals surface area contributed by atoms with Crippen LogP contribution in [0.25, 0.3) is 0 Å². The van der Waals surface area contributed by atoms with Gasteiger partial charge in [0.1, 0.15) is 10.7 Å². The van der Waals surface area contributed by atoms with E-state index in [1.807, 2.05) is 4.90 Å². The number of carbonyl (C=O) groups excluding carboxylic acids is 2. The fourth-order valence-electron chi connectivity index (χ4n) is 2.34. The monoisotopic (exact) mass is 316 g/mol. The van der Waals surface area contributed by atoms with E-state index in [0.29, 0.717) is 31.2 Å². The summed E-state index contributed by atoms with van der Waals surface area (Å²) in [4.78, 5) is 29.8. The van der Waals surface area contributed by atoms with Gasteiger partial charge in [0.25, 0.3) is 5.91 Å². The molecule has 1 unspecified atom stereocenters. The first kappa shape index (κ1) is 15.2. The van der Waals surface area contributed by atoms with Gasteiger partial charge in [-0.05, 0) is 12.8 Å². The van der Waals surface area contributed by atoms with E-state index in [4.69, 9.17) is 5.73 Å². The van der Waals surface area contributed by atoms with Crippen LogP contribution < -0.4 is 11.1 Å². The summed E-state index contributed by atoms with van der Waals surface area (Å²) in [6, 6.07) is 0.321. The smallest absolute Gasteiger partial charge is 0.271 e. The van der Waals surface area contributed by atoms with Crippen LogP contribution in [-0.4, -0.2) is 40.3 Å². The Morgan fingerprint density at radius 1 is 1.55 bits per heavy atom. The van der Waals surface area contributed by atoms with Crippen molar-refractivity contribution in [3.05, 3.63) is 16.1 Å². The van der Waals surface area contributed by atoms with Crippen molar-refractivity contribution in [1.29, 1.82) is 0 Å². The van der Waals surface area contributed by atoms with Gasteiger partial charge in [-0.1, -0.05) is 0 Å². The quantitative estimate of drug-likeness (QED) is 0.847. The third-order valence-corrected chi connectivity index (χ3v) is 4.31. The molecule has 1 saturated heterocycles. The molecule has 8 heteroatoms. The van der Waals surface area contributed by atoms with E-state index in [2.05, 4.69) is 10.3 Å². The Bertz CT molecular complexity index is 517. The van der Waals surface area contributed by atoms with Crippen molar-refractivity contribution < 1.29 is 9.59 Å². The lowest BCUT2D eigenvalue weighted by Crippen LogP contribution is -2.37. The molecule has 0 spiro atoms. The summed E-state index contributed by atoms with van der Waals surface area (Å²) in [5, 5.41) is 5.32. The topological polar surface area (TPSA) is 88.3 Å². The number of carbonyl (C=O) groups is 2. The molecular weight excluding hydrogens is 300 g/mol. The van der Waals surface area contributed by atoms with E-state index in [1.165, 1.54) is 11.3 Å². The minimum absolute atomic E-state index is 0. The Kier molecular flexibility index (Phi) is 4.62. The van der Waals surface area contributed by atoms with Gasteiger partial charge in [0.05, 0.1) is 6.04 Å².